The van der Waals surface area contributed by atoms with Gasteiger partial charge in [-0.15, -0.1) is 11.3 Å². The molecule has 1 heterocycles. The maximum absolute atomic E-state index is 9.83. The third-order valence-corrected chi connectivity index (χ3v) is 2.92. The first-order chi connectivity index (χ1) is 6.32. The largest absolute Gasteiger partial charge is 0.389 e. The lowest BCUT2D eigenvalue weighted by molar-refractivity contribution is -0.0474. The minimum Gasteiger partial charge on any atom is -0.389 e. The zero-order chi connectivity index (χ0) is 10.9. The highest BCUT2D eigenvalue weighted by Crippen LogP contribution is 2.30. The molecule has 1 aromatic heterocycles. The molecule has 0 spiro atoms. The van der Waals surface area contributed by atoms with Crippen LogP contribution in [-0.4, -0.2) is 21.3 Å². The molecular weight excluding hydrogens is 198 g/mol. The van der Waals surface area contributed by atoms with Gasteiger partial charge in [0.05, 0.1) is 16.8 Å². The topological polar surface area (TPSA) is 53.4 Å². The molecule has 0 aliphatic rings. The molecule has 1 aromatic rings. The predicted octanol–water partition coefficient (Wildman–Crippen LogP) is 1.89. The van der Waals surface area contributed by atoms with Gasteiger partial charge in [0.2, 0.25) is 0 Å². The van der Waals surface area contributed by atoms with Gasteiger partial charge in [-0.3, -0.25) is 0 Å². The van der Waals surface area contributed by atoms with Crippen molar-refractivity contribution in [1.29, 1.82) is 0 Å². The van der Waals surface area contributed by atoms with Gasteiger partial charge in [-0.25, -0.2) is 4.98 Å². The fraction of sp³-hybridized carbons (Fsp3) is 0.700. The lowest BCUT2D eigenvalue weighted by Crippen LogP contribution is -2.32. The average molecular weight is 215 g/mol. The van der Waals surface area contributed by atoms with Crippen molar-refractivity contribution >= 4 is 11.3 Å². The van der Waals surface area contributed by atoms with E-state index in [9.17, 15) is 10.2 Å². The molecule has 0 saturated carbocycles. The standard InChI is InChI=1S/C10H17NO2S/c1-6-11-7(5-14-6)8(12)9(13)10(2,3)4/h5,8-9,12-13H,1-4H3. The zero-order valence-electron chi connectivity index (χ0n) is 8.98. The Morgan fingerprint density at radius 3 is 2.29 bits per heavy atom. The van der Waals surface area contributed by atoms with E-state index in [2.05, 4.69) is 4.98 Å². The van der Waals surface area contributed by atoms with Crippen LogP contribution >= 0.6 is 11.3 Å². The van der Waals surface area contributed by atoms with Crippen LogP contribution in [0.5, 0.6) is 0 Å². The zero-order valence-corrected chi connectivity index (χ0v) is 9.80. The Hall–Kier alpha value is -0.450. The second-order valence-electron chi connectivity index (χ2n) is 4.55. The number of hydrogen-bond donors (Lipinski definition) is 2. The maximum atomic E-state index is 9.83. The van der Waals surface area contributed by atoms with Gasteiger partial charge in [-0.05, 0) is 12.3 Å². The minimum absolute atomic E-state index is 0.336. The average Bonchev–Trinajstić information content (AvgIpc) is 2.47. The van der Waals surface area contributed by atoms with Gasteiger partial charge in [0, 0.05) is 5.38 Å². The Kier molecular flexibility index (Phi) is 3.29. The van der Waals surface area contributed by atoms with Crippen LogP contribution < -0.4 is 0 Å². The molecular formula is C10H17NO2S. The van der Waals surface area contributed by atoms with Gasteiger partial charge in [-0.1, -0.05) is 20.8 Å². The van der Waals surface area contributed by atoms with Crippen molar-refractivity contribution in [1.82, 2.24) is 4.98 Å². The molecule has 0 bridgehead atoms. The quantitative estimate of drug-likeness (QED) is 0.792. The first-order valence-electron chi connectivity index (χ1n) is 4.60. The van der Waals surface area contributed by atoms with E-state index in [0.29, 0.717) is 5.69 Å². The first kappa shape index (κ1) is 11.6. The summed E-state index contributed by atoms with van der Waals surface area (Å²) >= 11 is 1.48. The van der Waals surface area contributed by atoms with E-state index in [0.717, 1.165) is 5.01 Å². The summed E-state index contributed by atoms with van der Waals surface area (Å²) in [5.74, 6) is 0. The molecule has 2 unspecified atom stereocenters. The highest BCUT2D eigenvalue weighted by Gasteiger charge is 2.31. The predicted molar refractivity (Wildman–Crippen MR) is 57.3 cm³/mol. The van der Waals surface area contributed by atoms with Crippen molar-refractivity contribution in [3.05, 3.63) is 16.1 Å². The van der Waals surface area contributed by atoms with Crippen molar-refractivity contribution in [3.63, 3.8) is 0 Å². The second kappa shape index (κ2) is 3.96. The van der Waals surface area contributed by atoms with Crippen LogP contribution in [-0.2, 0) is 0 Å². The van der Waals surface area contributed by atoms with Crippen molar-refractivity contribution in [3.8, 4) is 0 Å². The SMILES string of the molecule is Cc1nc(C(O)C(O)C(C)(C)C)cs1. The van der Waals surface area contributed by atoms with Gasteiger partial charge in [0.25, 0.3) is 0 Å². The molecule has 4 heteroatoms. The van der Waals surface area contributed by atoms with Gasteiger partial charge in [0.15, 0.2) is 0 Å². The molecule has 2 atom stereocenters. The number of nitrogens with zero attached hydrogens (tertiary/aromatic N) is 1. The maximum Gasteiger partial charge on any atom is 0.123 e. The summed E-state index contributed by atoms with van der Waals surface area (Å²) in [5.41, 5.74) is 0.228. The van der Waals surface area contributed by atoms with Gasteiger partial charge < -0.3 is 10.2 Å². The van der Waals surface area contributed by atoms with E-state index < -0.39 is 12.2 Å². The number of aryl methyl sites for hydroxylation is 1. The molecule has 0 saturated heterocycles. The normalized spacial score (nSPS) is 16.7. The van der Waals surface area contributed by atoms with E-state index in [1.54, 1.807) is 5.38 Å². The van der Waals surface area contributed by atoms with E-state index >= 15 is 0 Å². The Labute approximate surface area is 88.4 Å². The number of aromatic nitrogens is 1. The fourth-order valence-electron chi connectivity index (χ4n) is 1.15. The number of aliphatic hydroxyl groups excluding tert-OH is 2. The summed E-state index contributed by atoms with van der Waals surface area (Å²) in [5, 5.41) is 22.4. The molecule has 80 valence electrons. The molecule has 0 radical (unpaired) electrons. The molecule has 14 heavy (non-hydrogen) atoms. The molecule has 0 fully saturated rings. The Bertz CT molecular complexity index is 303. The van der Waals surface area contributed by atoms with Gasteiger partial charge in [0.1, 0.15) is 6.10 Å². The third-order valence-electron chi connectivity index (χ3n) is 2.13. The number of hydrogen-bond acceptors (Lipinski definition) is 4. The van der Waals surface area contributed by atoms with Gasteiger partial charge in [-0.2, -0.15) is 0 Å². The number of rotatable bonds is 2. The molecule has 0 amide bonds. The highest BCUT2D eigenvalue weighted by molar-refractivity contribution is 7.09. The molecule has 3 nitrogen and oxygen atoms in total. The van der Waals surface area contributed by atoms with Crippen molar-refractivity contribution in [2.45, 2.75) is 39.9 Å². The van der Waals surface area contributed by atoms with Crippen LogP contribution in [0.15, 0.2) is 5.38 Å². The van der Waals surface area contributed by atoms with Crippen LogP contribution in [0.4, 0.5) is 0 Å². The number of thiazole rings is 1. The molecule has 1 rings (SSSR count). The molecule has 2 N–H and O–H groups in total. The minimum atomic E-state index is -0.889. The highest BCUT2D eigenvalue weighted by atomic mass is 32.1. The summed E-state index contributed by atoms with van der Waals surface area (Å²) in [4.78, 5) is 4.15. The fourth-order valence-corrected chi connectivity index (χ4v) is 1.79. The smallest absolute Gasteiger partial charge is 0.123 e. The van der Waals surface area contributed by atoms with E-state index in [4.69, 9.17) is 0 Å². The molecule has 0 aliphatic heterocycles. The summed E-state index contributed by atoms with van der Waals surface area (Å²) in [6, 6.07) is 0. The Morgan fingerprint density at radius 1 is 1.36 bits per heavy atom. The van der Waals surface area contributed by atoms with Crippen LogP contribution in [0.2, 0.25) is 0 Å². The van der Waals surface area contributed by atoms with Crippen molar-refractivity contribution < 1.29 is 10.2 Å². The lowest BCUT2D eigenvalue weighted by atomic mass is 9.85. The first-order valence-corrected chi connectivity index (χ1v) is 5.48. The number of aliphatic hydroxyl groups is 2. The van der Waals surface area contributed by atoms with Gasteiger partial charge >= 0.3 is 0 Å². The monoisotopic (exact) mass is 215 g/mol. The van der Waals surface area contributed by atoms with Crippen LogP contribution in [0.25, 0.3) is 0 Å². The van der Waals surface area contributed by atoms with Crippen molar-refractivity contribution in [2.75, 3.05) is 0 Å². The summed E-state index contributed by atoms with van der Waals surface area (Å²) in [6.07, 6.45) is -1.68. The van der Waals surface area contributed by atoms with Crippen LogP contribution in [0.3, 0.4) is 0 Å². The molecule has 0 aliphatic carbocycles. The Balaban J connectivity index is 2.80. The van der Waals surface area contributed by atoms with E-state index in [1.165, 1.54) is 11.3 Å². The second-order valence-corrected chi connectivity index (χ2v) is 5.61. The van der Waals surface area contributed by atoms with Crippen molar-refractivity contribution in [2.24, 2.45) is 5.41 Å². The Morgan fingerprint density at radius 2 is 1.93 bits per heavy atom. The molecule has 0 aromatic carbocycles. The van der Waals surface area contributed by atoms with E-state index in [1.807, 2.05) is 27.7 Å². The van der Waals surface area contributed by atoms with Crippen LogP contribution in [0.1, 0.15) is 37.6 Å². The van der Waals surface area contributed by atoms with Crippen LogP contribution in [0, 0.1) is 12.3 Å². The summed E-state index contributed by atoms with van der Waals surface area (Å²) in [6.45, 7) is 7.55. The lowest BCUT2D eigenvalue weighted by Gasteiger charge is -2.29. The summed E-state index contributed by atoms with van der Waals surface area (Å²) < 4.78 is 0. The van der Waals surface area contributed by atoms with E-state index in [-0.39, 0.29) is 5.41 Å². The summed E-state index contributed by atoms with van der Waals surface area (Å²) in [7, 11) is 0. The third kappa shape index (κ3) is 2.53.